The molecule has 0 aliphatic rings. The predicted molar refractivity (Wildman–Crippen MR) is 95.7 cm³/mol. The van der Waals surface area contributed by atoms with Crippen molar-refractivity contribution in [1.29, 1.82) is 10.8 Å². The molecule has 25 heavy (non-hydrogen) atoms. The lowest BCUT2D eigenvalue weighted by Gasteiger charge is -1.97. The highest BCUT2D eigenvalue weighted by atomic mass is 16.4. The molecule has 0 amide bonds. The Morgan fingerprint density at radius 1 is 0.800 bits per heavy atom. The Hall–Kier alpha value is -3.74. The lowest BCUT2D eigenvalue weighted by molar-refractivity contribution is 0.525. The molecule has 0 aliphatic carbocycles. The van der Waals surface area contributed by atoms with Gasteiger partial charge in [0, 0.05) is 16.5 Å². The highest BCUT2D eigenvalue weighted by Crippen LogP contribution is 2.31. The van der Waals surface area contributed by atoms with E-state index in [2.05, 4.69) is 4.98 Å². The van der Waals surface area contributed by atoms with E-state index >= 15 is 0 Å². The van der Waals surface area contributed by atoms with E-state index in [9.17, 15) is 0 Å². The molecule has 7 heteroatoms. The first-order chi connectivity index (χ1) is 12.0. The zero-order valence-electron chi connectivity index (χ0n) is 13.1. The van der Waals surface area contributed by atoms with E-state index in [4.69, 9.17) is 31.1 Å². The Morgan fingerprint density at radius 3 is 2.24 bits per heavy atom. The van der Waals surface area contributed by atoms with Gasteiger partial charge in [-0.05, 0) is 36.4 Å². The lowest BCUT2D eigenvalue weighted by atomic mass is 10.1. The smallest absolute Gasteiger partial charge is 0.170 e. The number of rotatable bonds is 4. The zero-order valence-corrected chi connectivity index (χ0v) is 13.1. The molecule has 0 fully saturated rings. The van der Waals surface area contributed by atoms with E-state index in [1.165, 1.54) is 0 Å². The van der Waals surface area contributed by atoms with Gasteiger partial charge in [0.1, 0.15) is 5.84 Å². The Labute approximate surface area is 142 Å². The van der Waals surface area contributed by atoms with Crippen LogP contribution in [0, 0.1) is 10.8 Å². The van der Waals surface area contributed by atoms with Crippen LogP contribution in [0.15, 0.2) is 57.4 Å². The maximum Gasteiger partial charge on any atom is 0.170 e. The third kappa shape index (κ3) is 2.57. The van der Waals surface area contributed by atoms with Crippen molar-refractivity contribution in [2.75, 3.05) is 0 Å². The number of fused-ring (bicyclic) bond motifs is 1. The number of aromatic amines is 1. The number of benzene rings is 1. The molecule has 7 nitrogen and oxygen atoms in total. The van der Waals surface area contributed by atoms with Gasteiger partial charge in [0.15, 0.2) is 28.9 Å². The van der Waals surface area contributed by atoms with E-state index in [1.807, 2.05) is 30.3 Å². The van der Waals surface area contributed by atoms with Gasteiger partial charge >= 0.3 is 0 Å². The number of aromatic nitrogens is 1. The second kappa shape index (κ2) is 5.41. The van der Waals surface area contributed by atoms with Gasteiger partial charge < -0.3 is 25.3 Å². The SMILES string of the molecule is N=C(N)c1ccc2cc(-c3ccc(-c4ccc(C(=N)N)o4)o3)[nH]c2c1. The van der Waals surface area contributed by atoms with Crippen LogP contribution in [0.1, 0.15) is 11.3 Å². The number of furan rings is 2. The summed E-state index contributed by atoms with van der Waals surface area (Å²) >= 11 is 0. The summed E-state index contributed by atoms with van der Waals surface area (Å²) in [5.41, 5.74) is 13.3. The van der Waals surface area contributed by atoms with E-state index in [0.717, 1.165) is 16.6 Å². The van der Waals surface area contributed by atoms with E-state index in [-0.39, 0.29) is 11.7 Å². The number of nitrogens with two attached hydrogens (primary N) is 2. The molecule has 3 aromatic heterocycles. The molecular weight excluding hydrogens is 318 g/mol. The summed E-state index contributed by atoms with van der Waals surface area (Å²) in [4.78, 5) is 3.26. The zero-order chi connectivity index (χ0) is 17.6. The summed E-state index contributed by atoms with van der Waals surface area (Å²) in [6, 6.07) is 14.5. The standard InChI is InChI=1S/C18H15N5O2/c19-17(20)10-2-1-9-7-12(23-11(9)8-10)13-3-4-14(24-13)15-5-6-16(25-15)18(21)22/h1-8,23H,(H3,19,20)(H3,21,22). The average molecular weight is 333 g/mol. The number of amidine groups is 2. The second-order valence-corrected chi connectivity index (χ2v) is 5.64. The molecule has 0 spiro atoms. The Bertz CT molecular complexity index is 1120. The van der Waals surface area contributed by atoms with Crippen LogP contribution in [0.4, 0.5) is 0 Å². The van der Waals surface area contributed by atoms with E-state index in [0.29, 0.717) is 28.6 Å². The van der Waals surface area contributed by atoms with Crippen molar-refractivity contribution < 1.29 is 8.83 Å². The first kappa shape index (κ1) is 14.8. The molecule has 3 heterocycles. The molecule has 0 aliphatic heterocycles. The van der Waals surface area contributed by atoms with E-state index < -0.39 is 0 Å². The second-order valence-electron chi connectivity index (χ2n) is 5.64. The summed E-state index contributed by atoms with van der Waals surface area (Å²) in [6.07, 6.45) is 0. The van der Waals surface area contributed by atoms with Gasteiger partial charge in [-0.3, -0.25) is 10.8 Å². The molecule has 4 rings (SSSR count). The lowest BCUT2D eigenvalue weighted by Crippen LogP contribution is -2.10. The van der Waals surface area contributed by atoms with Gasteiger partial charge in [-0.25, -0.2) is 0 Å². The van der Waals surface area contributed by atoms with Gasteiger partial charge in [0.05, 0.1) is 5.69 Å². The summed E-state index contributed by atoms with van der Waals surface area (Å²) < 4.78 is 11.3. The third-order valence-electron chi connectivity index (χ3n) is 3.92. The van der Waals surface area contributed by atoms with Crippen molar-refractivity contribution in [3.05, 3.63) is 59.9 Å². The molecule has 4 aromatic rings. The number of hydrogen-bond donors (Lipinski definition) is 5. The van der Waals surface area contributed by atoms with Crippen LogP contribution >= 0.6 is 0 Å². The maximum absolute atomic E-state index is 7.52. The quantitative estimate of drug-likeness (QED) is 0.288. The van der Waals surface area contributed by atoms with Crippen LogP contribution < -0.4 is 11.5 Å². The van der Waals surface area contributed by atoms with Crippen LogP contribution in [0.5, 0.6) is 0 Å². The van der Waals surface area contributed by atoms with Crippen molar-refractivity contribution in [2.24, 2.45) is 11.5 Å². The van der Waals surface area contributed by atoms with Crippen LogP contribution in [0.25, 0.3) is 33.9 Å². The van der Waals surface area contributed by atoms with Crippen LogP contribution in [0.2, 0.25) is 0 Å². The molecular formula is C18H15N5O2. The minimum absolute atomic E-state index is 0.0254. The first-order valence-electron chi connectivity index (χ1n) is 7.53. The molecule has 7 N–H and O–H groups in total. The number of hydrogen-bond acceptors (Lipinski definition) is 4. The van der Waals surface area contributed by atoms with Crippen LogP contribution in [-0.2, 0) is 0 Å². The largest absolute Gasteiger partial charge is 0.451 e. The van der Waals surface area contributed by atoms with Crippen molar-refractivity contribution in [1.82, 2.24) is 4.98 Å². The van der Waals surface area contributed by atoms with Crippen molar-refractivity contribution in [2.45, 2.75) is 0 Å². The maximum atomic E-state index is 7.52. The van der Waals surface area contributed by atoms with E-state index in [1.54, 1.807) is 18.2 Å². The molecule has 0 saturated heterocycles. The molecule has 124 valence electrons. The van der Waals surface area contributed by atoms with Gasteiger partial charge in [-0.2, -0.15) is 0 Å². The topological polar surface area (TPSA) is 142 Å². The molecule has 0 radical (unpaired) electrons. The summed E-state index contributed by atoms with van der Waals surface area (Å²) in [6.45, 7) is 0. The third-order valence-corrected chi connectivity index (χ3v) is 3.92. The molecule has 0 bridgehead atoms. The normalized spacial score (nSPS) is 11.0. The Balaban J connectivity index is 1.70. The van der Waals surface area contributed by atoms with Gasteiger partial charge in [-0.1, -0.05) is 12.1 Å². The summed E-state index contributed by atoms with van der Waals surface area (Å²) in [7, 11) is 0. The van der Waals surface area contributed by atoms with Crippen LogP contribution in [0.3, 0.4) is 0 Å². The number of nitrogens with one attached hydrogen (secondary N) is 3. The van der Waals surface area contributed by atoms with Crippen molar-refractivity contribution in [3.8, 4) is 23.0 Å². The fraction of sp³-hybridized carbons (Fsp3) is 0. The summed E-state index contributed by atoms with van der Waals surface area (Å²) in [5, 5.41) is 15.9. The minimum Gasteiger partial charge on any atom is -0.451 e. The fourth-order valence-electron chi connectivity index (χ4n) is 2.66. The Kier molecular flexibility index (Phi) is 3.21. The van der Waals surface area contributed by atoms with Gasteiger partial charge in [0.25, 0.3) is 0 Å². The number of H-pyrrole nitrogens is 1. The molecule has 0 atom stereocenters. The highest BCUT2D eigenvalue weighted by Gasteiger charge is 2.13. The van der Waals surface area contributed by atoms with Gasteiger partial charge in [-0.15, -0.1) is 0 Å². The van der Waals surface area contributed by atoms with Crippen LogP contribution in [-0.4, -0.2) is 16.7 Å². The minimum atomic E-state index is -0.130. The summed E-state index contributed by atoms with van der Waals surface area (Å²) in [5.74, 6) is 1.90. The monoisotopic (exact) mass is 333 g/mol. The predicted octanol–water partition coefficient (Wildman–Crippen LogP) is 3.26. The van der Waals surface area contributed by atoms with Crippen molar-refractivity contribution in [3.63, 3.8) is 0 Å². The highest BCUT2D eigenvalue weighted by molar-refractivity contribution is 5.99. The average Bonchev–Trinajstić information content (AvgIpc) is 3.31. The molecule has 0 saturated carbocycles. The fourth-order valence-corrected chi connectivity index (χ4v) is 2.66. The molecule has 0 unspecified atom stereocenters. The van der Waals surface area contributed by atoms with Crippen molar-refractivity contribution >= 4 is 22.6 Å². The van der Waals surface area contributed by atoms with Gasteiger partial charge in [0.2, 0.25) is 0 Å². The number of nitrogen functional groups attached to an aromatic ring is 2. The molecule has 1 aromatic carbocycles. The Morgan fingerprint density at radius 2 is 1.52 bits per heavy atom. The first-order valence-corrected chi connectivity index (χ1v) is 7.53.